The van der Waals surface area contributed by atoms with Gasteiger partial charge in [-0.25, -0.2) is 0 Å². The molecule has 0 saturated heterocycles. The van der Waals surface area contributed by atoms with Gasteiger partial charge in [-0.1, -0.05) is 51.5 Å². The van der Waals surface area contributed by atoms with Gasteiger partial charge in [0.1, 0.15) is 0 Å². The maximum Gasteiger partial charge on any atom is -0.0236 e. The Labute approximate surface area is 139 Å². The average Bonchev–Trinajstić information content (AvgIpc) is 2.58. The molecule has 0 radical (unpaired) electrons. The lowest BCUT2D eigenvalue weighted by atomic mass is 9.67. The van der Waals surface area contributed by atoms with E-state index in [1.807, 2.05) is 0 Å². The van der Waals surface area contributed by atoms with Gasteiger partial charge in [-0.3, -0.25) is 0 Å². The zero-order valence-electron chi connectivity index (χ0n) is 14.9. The van der Waals surface area contributed by atoms with Gasteiger partial charge in [0.15, 0.2) is 0 Å². The molecule has 0 aliphatic heterocycles. The van der Waals surface area contributed by atoms with E-state index in [4.69, 9.17) is 0 Å². The molecular formula is C22H38. The Balaban J connectivity index is 1.36. The third-order valence-corrected chi connectivity index (χ3v) is 7.51. The van der Waals surface area contributed by atoms with Crippen LogP contribution in [0.15, 0.2) is 12.7 Å². The summed E-state index contributed by atoms with van der Waals surface area (Å²) in [5.74, 6) is 6.15. The first kappa shape index (κ1) is 16.6. The van der Waals surface area contributed by atoms with Crippen molar-refractivity contribution in [1.82, 2.24) is 0 Å². The summed E-state index contributed by atoms with van der Waals surface area (Å²) in [5, 5.41) is 0. The van der Waals surface area contributed by atoms with Gasteiger partial charge in [0.2, 0.25) is 0 Å². The van der Waals surface area contributed by atoms with Crippen molar-refractivity contribution < 1.29 is 0 Å². The zero-order chi connectivity index (χ0) is 15.4. The third kappa shape index (κ3) is 4.39. The molecule has 0 N–H and O–H groups in total. The second-order valence-corrected chi connectivity index (χ2v) is 9.05. The second-order valence-electron chi connectivity index (χ2n) is 9.05. The third-order valence-electron chi connectivity index (χ3n) is 7.51. The highest BCUT2D eigenvalue weighted by Crippen LogP contribution is 2.44. The predicted molar refractivity (Wildman–Crippen MR) is 96.8 cm³/mol. The van der Waals surface area contributed by atoms with E-state index < -0.39 is 0 Å². The fourth-order valence-corrected chi connectivity index (χ4v) is 5.78. The Hall–Kier alpha value is -0.260. The van der Waals surface area contributed by atoms with Crippen LogP contribution in [0.1, 0.15) is 90.4 Å². The Morgan fingerprint density at radius 2 is 1.14 bits per heavy atom. The molecular weight excluding hydrogens is 264 g/mol. The van der Waals surface area contributed by atoms with Crippen LogP contribution in [0.3, 0.4) is 0 Å². The quantitative estimate of drug-likeness (QED) is 0.490. The smallest absolute Gasteiger partial charge is 0.0236 e. The van der Waals surface area contributed by atoms with Crippen LogP contribution in [-0.4, -0.2) is 0 Å². The van der Waals surface area contributed by atoms with Crippen LogP contribution in [0.4, 0.5) is 0 Å². The lowest BCUT2D eigenvalue weighted by Crippen LogP contribution is -2.26. The van der Waals surface area contributed by atoms with Gasteiger partial charge >= 0.3 is 0 Å². The Morgan fingerprint density at radius 1 is 0.682 bits per heavy atom. The minimum Gasteiger partial charge on any atom is -0.103 e. The van der Waals surface area contributed by atoms with Crippen molar-refractivity contribution in [2.45, 2.75) is 90.4 Å². The largest absolute Gasteiger partial charge is 0.103 e. The summed E-state index contributed by atoms with van der Waals surface area (Å²) < 4.78 is 0. The van der Waals surface area contributed by atoms with Crippen molar-refractivity contribution in [3.63, 3.8) is 0 Å². The lowest BCUT2D eigenvalue weighted by Gasteiger charge is -2.38. The maximum absolute atomic E-state index is 3.99. The van der Waals surface area contributed by atoms with Gasteiger partial charge in [0.05, 0.1) is 0 Å². The fourth-order valence-electron chi connectivity index (χ4n) is 5.78. The second kappa shape index (κ2) is 8.02. The van der Waals surface area contributed by atoms with E-state index in [1.54, 1.807) is 32.1 Å². The molecule has 0 unspecified atom stereocenters. The first-order chi connectivity index (χ1) is 10.7. The maximum atomic E-state index is 3.99. The Bertz CT molecular complexity index is 320. The molecule has 126 valence electrons. The SMILES string of the molecule is C=CC1CCC(C2CCC(CC3CCC(C)CC3)CC2)CC1. The van der Waals surface area contributed by atoms with E-state index >= 15 is 0 Å². The first-order valence-electron chi connectivity index (χ1n) is 10.4. The molecule has 22 heavy (non-hydrogen) atoms. The molecule has 3 saturated carbocycles. The molecule has 0 nitrogen and oxygen atoms in total. The van der Waals surface area contributed by atoms with Crippen LogP contribution in [-0.2, 0) is 0 Å². The van der Waals surface area contributed by atoms with Crippen molar-refractivity contribution >= 4 is 0 Å². The van der Waals surface area contributed by atoms with Crippen molar-refractivity contribution in [2.24, 2.45) is 35.5 Å². The van der Waals surface area contributed by atoms with Gasteiger partial charge in [0.25, 0.3) is 0 Å². The standard InChI is InChI=1S/C22H38/c1-3-18-8-12-21(13-9-18)22-14-10-20(11-15-22)16-19-6-4-17(2)5-7-19/h3,17-22H,1,4-16H2,2H3. The van der Waals surface area contributed by atoms with Crippen LogP contribution in [0.2, 0.25) is 0 Å². The van der Waals surface area contributed by atoms with Gasteiger partial charge in [-0.15, -0.1) is 6.58 Å². The Kier molecular flexibility index (Phi) is 6.05. The van der Waals surface area contributed by atoms with E-state index in [1.165, 1.54) is 51.4 Å². The molecule has 3 rings (SSSR count). The van der Waals surface area contributed by atoms with Crippen molar-refractivity contribution in [2.75, 3.05) is 0 Å². The molecule has 3 aliphatic rings. The highest BCUT2D eigenvalue weighted by molar-refractivity contribution is 4.88. The molecule has 0 atom stereocenters. The topological polar surface area (TPSA) is 0 Å². The minimum atomic E-state index is 0.835. The summed E-state index contributed by atoms with van der Waals surface area (Å²) in [7, 11) is 0. The van der Waals surface area contributed by atoms with Crippen LogP contribution in [0, 0.1) is 35.5 Å². The normalized spacial score (nSPS) is 43.7. The highest BCUT2D eigenvalue weighted by Gasteiger charge is 2.31. The molecule has 0 aromatic rings. The van der Waals surface area contributed by atoms with Crippen molar-refractivity contribution in [3.8, 4) is 0 Å². The van der Waals surface area contributed by atoms with E-state index in [9.17, 15) is 0 Å². The van der Waals surface area contributed by atoms with Gasteiger partial charge in [-0.2, -0.15) is 0 Å². The monoisotopic (exact) mass is 302 g/mol. The summed E-state index contributed by atoms with van der Waals surface area (Å²) in [4.78, 5) is 0. The molecule has 0 heterocycles. The predicted octanol–water partition coefficient (Wildman–Crippen LogP) is 7.00. The molecule has 0 bridgehead atoms. The minimum absolute atomic E-state index is 0.835. The number of hydrogen-bond acceptors (Lipinski definition) is 0. The van der Waals surface area contributed by atoms with Crippen LogP contribution >= 0.6 is 0 Å². The van der Waals surface area contributed by atoms with Crippen molar-refractivity contribution in [1.29, 1.82) is 0 Å². The molecule has 3 fully saturated rings. The number of hydrogen-bond donors (Lipinski definition) is 0. The van der Waals surface area contributed by atoms with E-state index in [-0.39, 0.29) is 0 Å². The number of allylic oxidation sites excluding steroid dienone is 1. The van der Waals surface area contributed by atoms with Crippen LogP contribution in [0.25, 0.3) is 0 Å². The summed E-state index contributed by atoms with van der Waals surface area (Å²) in [6, 6.07) is 0. The van der Waals surface area contributed by atoms with Gasteiger partial charge < -0.3 is 0 Å². The first-order valence-corrected chi connectivity index (χ1v) is 10.4. The molecule has 0 amide bonds. The average molecular weight is 303 g/mol. The van der Waals surface area contributed by atoms with Crippen molar-refractivity contribution in [3.05, 3.63) is 12.7 Å². The molecule has 0 aromatic carbocycles. The summed E-state index contributed by atoms with van der Waals surface area (Å²) in [6.45, 7) is 6.44. The van der Waals surface area contributed by atoms with Gasteiger partial charge in [0, 0.05) is 0 Å². The van der Waals surface area contributed by atoms with E-state index in [0.717, 1.165) is 35.5 Å². The molecule has 0 aromatic heterocycles. The van der Waals surface area contributed by atoms with E-state index in [2.05, 4.69) is 19.6 Å². The Morgan fingerprint density at radius 3 is 1.64 bits per heavy atom. The lowest BCUT2D eigenvalue weighted by molar-refractivity contribution is 0.137. The van der Waals surface area contributed by atoms with Crippen LogP contribution in [0.5, 0.6) is 0 Å². The fraction of sp³-hybridized carbons (Fsp3) is 0.909. The number of rotatable bonds is 4. The van der Waals surface area contributed by atoms with Crippen LogP contribution < -0.4 is 0 Å². The summed E-state index contributed by atoms with van der Waals surface area (Å²) >= 11 is 0. The highest BCUT2D eigenvalue weighted by atomic mass is 14.4. The zero-order valence-corrected chi connectivity index (χ0v) is 14.9. The summed E-state index contributed by atoms with van der Waals surface area (Å²) in [6.07, 6.45) is 21.9. The van der Waals surface area contributed by atoms with Gasteiger partial charge in [-0.05, 0) is 80.5 Å². The molecule has 0 spiro atoms. The van der Waals surface area contributed by atoms with E-state index in [0.29, 0.717) is 0 Å². The molecule has 3 aliphatic carbocycles. The summed E-state index contributed by atoms with van der Waals surface area (Å²) in [5.41, 5.74) is 0. The molecule has 0 heteroatoms.